The first-order chi connectivity index (χ1) is 8.72. The third kappa shape index (κ3) is 5.15. The molecule has 0 heterocycles. The number of carboxylic acids is 1. The topological polar surface area (TPSA) is 122 Å². The van der Waals surface area contributed by atoms with Crippen molar-refractivity contribution in [3.63, 3.8) is 0 Å². The zero-order chi connectivity index (χ0) is 14.6. The number of urea groups is 1. The lowest BCUT2D eigenvalue weighted by Gasteiger charge is -2.14. The second-order valence-electron chi connectivity index (χ2n) is 5.64. The van der Waals surface area contributed by atoms with E-state index in [1.165, 1.54) is 0 Å². The maximum absolute atomic E-state index is 11.5. The Balaban J connectivity index is 2.30. The van der Waals surface area contributed by atoms with Crippen molar-refractivity contribution < 1.29 is 19.5 Å². The summed E-state index contributed by atoms with van der Waals surface area (Å²) >= 11 is 0. The Morgan fingerprint density at radius 2 is 2.00 bits per heavy atom. The number of carboxylic acid groups (broad SMARTS) is 1. The fraction of sp³-hybridized carbons (Fsp3) is 0.750. The van der Waals surface area contributed by atoms with Gasteiger partial charge in [-0.2, -0.15) is 0 Å². The molecule has 0 aromatic rings. The molecule has 0 bridgehead atoms. The first-order valence-corrected chi connectivity index (χ1v) is 6.28. The smallest absolute Gasteiger partial charge is 0.326 e. The second-order valence-corrected chi connectivity index (χ2v) is 5.64. The van der Waals surface area contributed by atoms with Crippen LogP contribution in [-0.2, 0) is 9.59 Å². The number of carbonyl (C=O) groups is 3. The monoisotopic (exact) mass is 271 g/mol. The van der Waals surface area contributed by atoms with Crippen molar-refractivity contribution >= 4 is 17.9 Å². The maximum atomic E-state index is 11.5. The summed E-state index contributed by atoms with van der Waals surface area (Å²) in [6, 6.07) is -1.63. The standard InChI is InChI=1S/C12H21N3O4/c1-12(2)5-7(12)6-14-11(19)15-8(10(17)18)3-4-9(13)16/h7-8H,3-6H2,1-2H3,(H2,13,16)(H,17,18)(H2,14,15,19)/t7?,8-/m1/s1. The van der Waals surface area contributed by atoms with Gasteiger partial charge in [-0.3, -0.25) is 4.79 Å². The molecule has 19 heavy (non-hydrogen) atoms. The Morgan fingerprint density at radius 3 is 2.42 bits per heavy atom. The van der Waals surface area contributed by atoms with Crippen molar-refractivity contribution in [2.45, 2.75) is 39.2 Å². The molecule has 5 N–H and O–H groups in total. The molecule has 0 saturated heterocycles. The minimum Gasteiger partial charge on any atom is -0.480 e. The third-order valence-corrected chi connectivity index (χ3v) is 3.51. The molecule has 0 spiro atoms. The molecule has 2 atom stereocenters. The Bertz CT molecular complexity index is 381. The highest BCUT2D eigenvalue weighted by Gasteiger charge is 2.45. The Hall–Kier alpha value is -1.79. The summed E-state index contributed by atoms with van der Waals surface area (Å²) in [5.41, 5.74) is 5.20. The van der Waals surface area contributed by atoms with Gasteiger partial charge in [0.1, 0.15) is 6.04 Å². The van der Waals surface area contributed by atoms with E-state index in [2.05, 4.69) is 24.5 Å². The van der Waals surface area contributed by atoms with E-state index < -0.39 is 23.9 Å². The van der Waals surface area contributed by atoms with Crippen LogP contribution in [0.5, 0.6) is 0 Å². The van der Waals surface area contributed by atoms with Crippen LogP contribution in [-0.4, -0.2) is 35.6 Å². The highest BCUT2D eigenvalue weighted by Crippen LogP contribution is 2.50. The fourth-order valence-electron chi connectivity index (χ4n) is 1.89. The second kappa shape index (κ2) is 5.90. The van der Waals surface area contributed by atoms with Gasteiger partial charge in [0.25, 0.3) is 0 Å². The van der Waals surface area contributed by atoms with Gasteiger partial charge in [-0.1, -0.05) is 13.8 Å². The highest BCUT2D eigenvalue weighted by atomic mass is 16.4. The van der Waals surface area contributed by atoms with Crippen LogP contribution in [0.4, 0.5) is 4.79 Å². The SMILES string of the molecule is CC1(C)CC1CNC(=O)N[C@H](CCC(N)=O)C(=O)O. The number of carbonyl (C=O) groups excluding carboxylic acids is 2. The summed E-state index contributed by atoms with van der Waals surface area (Å²) in [5, 5.41) is 13.9. The van der Waals surface area contributed by atoms with E-state index >= 15 is 0 Å². The Morgan fingerprint density at radius 1 is 1.42 bits per heavy atom. The largest absolute Gasteiger partial charge is 0.480 e. The van der Waals surface area contributed by atoms with Crippen molar-refractivity contribution in [3.05, 3.63) is 0 Å². The van der Waals surface area contributed by atoms with Gasteiger partial charge in [0, 0.05) is 13.0 Å². The number of hydrogen-bond donors (Lipinski definition) is 4. The molecule has 1 rings (SSSR count). The van der Waals surface area contributed by atoms with Gasteiger partial charge < -0.3 is 21.5 Å². The fourth-order valence-corrected chi connectivity index (χ4v) is 1.89. The molecule has 108 valence electrons. The molecule has 1 aliphatic carbocycles. The summed E-state index contributed by atoms with van der Waals surface area (Å²) in [6.07, 6.45) is 0.969. The number of nitrogens with two attached hydrogens (primary N) is 1. The van der Waals surface area contributed by atoms with Crippen molar-refractivity contribution in [2.24, 2.45) is 17.1 Å². The van der Waals surface area contributed by atoms with Crippen LogP contribution in [0.2, 0.25) is 0 Å². The molecule has 0 radical (unpaired) electrons. The Kier molecular flexibility index (Phi) is 4.74. The number of hydrogen-bond acceptors (Lipinski definition) is 3. The Labute approximate surface area is 111 Å². The summed E-state index contributed by atoms with van der Waals surface area (Å²) in [6.45, 7) is 4.76. The van der Waals surface area contributed by atoms with Crippen LogP contribution in [0.15, 0.2) is 0 Å². The van der Waals surface area contributed by atoms with Crippen molar-refractivity contribution in [3.8, 4) is 0 Å². The van der Waals surface area contributed by atoms with Gasteiger partial charge in [-0.05, 0) is 24.2 Å². The molecule has 7 nitrogen and oxygen atoms in total. The number of aliphatic carboxylic acids is 1. The highest BCUT2D eigenvalue weighted by molar-refractivity contribution is 5.83. The number of amides is 3. The molecule has 1 saturated carbocycles. The van der Waals surface area contributed by atoms with E-state index in [1.54, 1.807) is 0 Å². The summed E-state index contributed by atoms with van der Waals surface area (Å²) in [4.78, 5) is 33.1. The summed E-state index contributed by atoms with van der Waals surface area (Å²) in [5.74, 6) is -1.33. The molecular weight excluding hydrogens is 250 g/mol. The molecule has 7 heteroatoms. The molecule has 0 aromatic heterocycles. The van der Waals surface area contributed by atoms with Gasteiger partial charge >= 0.3 is 12.0 Å². The van der Waals surface area contributed by atoms with E-state index in [9.17, 15) is 14.4 Å². The van der Waals surface area contributed by atoms with Crippen molar-refractivity contribution in [2.75, 3.05) is 6.54 Å². The first kappa shape index (κ1) is 15.3. The number of nitrogens with one attached hydrogen (secondary N) is 2. The minimum absolute atomic E-state index is 0.00694. The van der Waals surface area contributed by atoms with Gasteiger partial charge in [-0.25, -0.2) is 9.59 Å². The lowest BCUT2D eigenvalue weighted by molar-refractivity contribution is -0.139. The zero-order valence-corrected chi connectivity index (χ0v) is 11.2. The molecule has 1 aliphatic rings. The quantitative estimate of drug-likeness (QED) is 0.522. The van der Waals surface area contributed by atoms with Crippen molar-refractivity contribution in [1.82, 2.24) is 10.6 Å². The van der Waals surface area contributed by atoms with Crippen LogP contribution in [0, 0.1) is 11.3 Å². The molecule has 3 amide bonds. The summed E-state index contributed by atoms with van der Waals surface area (Å²) < 4.78 is 0. The van der Waals surface area contributed by atoms with Crippen LogP contribution in [0.1, 0.15) is 33.1 Å². The summed E-state index contributed by atoms with van der Waals surface area (Å²) in [7, 11) is 0. The molecule has 0 aromatic carbocycles. The molecular formula is C12H21N3O4. The predicted octanol–water partition coefficient (Wildman–Crippen LogP) is 0.0504. The first-order valence-electron chi connectivity index (χ1n) is 6.28. The van der Waals surface area contributed by atoms with Crippen LogP contribution in [0.3, 0.4) is 0 Å². The molecule has 1 fully saturated rings. The van der Waals surface area contributed by atoms with Gasteiger partial charge in [-0.15, -0.1) is 0 Å². The maximum Gasteiger partial charge on any atom is 0.326 e. The van der Waals surface area contributed by atoms with Gasteiger partial charge in [0.05, 0.1) is 0 Å². The van der Waals surface area contributed by atoms with E-state index in [-0.39, 0.29) is 18.3 Å². The van der Waals surface area contributed by atoms with Crippen LogP contribution < -0.4 is 16.4 Å². The number of primary amides is 1. The molecule has 1 unspecified atom stereocenters. The zero-order valence-electron chi connectivity index (χ0n) is 11.2. The van der Waals surface area contributed by atoms with E-state index in [0.29, 0.717) is 12.5 Å². The minimum atomic E-state index is -1.18. The average molecular weight is 271 g/mol. The van der Waals surface area contributed by atoms with Gasteiger partial charge in [0.15, 0.2) is 0 Å². The van der Waals surface area contributed by atoms with Crippen LogP contribution in [0.25, 0.3) is 0 Å². The van der Waals surface area contributed by atoms with Crippen molar-refractivity contribution in [1.29, 1.82) is 0 Å². The lowest BCUT2D eigenvalue weighted by Crippen LogP contribution is -2.46. The predicted molar refractivity (Wildman–Crippen MR) is 68.3 cm³/mol. The third-order valence-electron chi connectivity index (χ3n) is 3.51. The normalized spacial score (nSPS) is 21.3. The van der Waals surface area contributed by atoms with Crippen LogP contribution >= 0.6 is 0 Å². The van der Waals surface area contributed by atoms with Gasteiger partial charge in [0.2, 0.25) is 5.91 Å². The van der Waals surface area contributed by atoms with E-state index in [0.717, 1.165) is 6.42 Å². The van der Waals surface area contributed by atoms with E-state index in [4.69, 9.17) is 10.8 Å². The number of rotatable bonds is 7. The lowest BCUT2D eigenvalue weighted by atomic mass is 10.1. The molecule has 0 aliphatic heterocycles. The average Bonchev–Trinajstić information content (AvgIpc) is 2.89. The van der Waals surface area contributed by atoms with E-state index in [1.807, 2.05) is 0 Å².